The van der Waals surface area contributed by atoms with Crippen LogP contribution in [0.1, 0.15) is 24.3 Å². The number of amides is 1. The summed E-state index contributed by atoms with van der Waals surface area (Å²) in [5, 5.41) is 20.6. The molecule has 29 heavy (non-hydrogen) atoms. The maximum atomic E-state index is 13.0. The first-order valence-corrected chi connectivity index (χ1v) is 9.51. The molecule has 3 rings (SSSR count). The molecule has 0 saturated carbocycles. The summed E-state index contributed by atoms with van der Waals surface area (Å²) in [5.41, 5.74) is 1.42. The van der Waals surface area contributed by atoms with Crippen LogP contribution in [0, 0.1) is 5.82 Å². The number of halogens is 1. The molecule has 1 amide bonds. The lowest BCUT2D eigenvalue weighted by molar-refractivity contribution is -0.137. The number of carboxylic acids is 1. The number of benzene rings is 2. The topological polar surface area (TPSA) is 101 Å². The lowest BCUT2D eigenvalue weighted by atomic mass is 9.92. The Morgan fingerprint density at radius 2 is 1.79 bits per heavy atom. The van der Waals surface area contributed by atoms with E-state index < -0.39 is 11.9 Å². The van der Waals surface area contributed by atoms with Gasteiger partial charge in [-0.2, -0.15) is 0 Å². The Balaban J connectivity index is 1.68. The van der Waals surface area contributed by atoms with E-state index in [1.807, 2.05) is 0 Å². The fourth-order valence-corrected chi connectivity index (χ4v) is 3.54. The molecule has 9 heteroatoms. The van der Waals surface area contributed by atoms with E-state index >= 15 is 0 Å². The second kappa shape index (κ2) is 9.24. The van der Waals surface area contributed by atoms with Gasteiger partial charge in [0.2, 0.25) is 11.0 Å². The first kappa shape index (κ1) is 20.4. The number of hydrogen-bond acceptors (Lipinski definition) is 6. The van der Waals surface area contributed by atoms with Crippen LogP contribution in [0.2, 0.25) is 0 Å². The summed E-state index contributed by atoms with van der Waals surface area (Å²) in [6, 6.07) is 12.7. The number of methoxy groups -OCH3 is 1. The van der Waals surface area contributed by atoms with Crippen molar-refractivity contribution in [2.24, 2.45) is 0 Å². The van der Waals surface area contributed by atoms with Gasteiger partial charge in [-0.05, 0) is 42.0 Å². The van der Waals surface area contributed by atoms with Gasteiger partial charge in [-0.1, -0.05) is 23.5 Å². The normalized spacial score (nSPS) is 11.7. The predicted molar refractivity (Wildman–Crippen MR) is 107 cm³/mol. The fraction of sp³-hybridized carbons (Fsp3) is 0.200. The van der Waals surface area contributed by atoms with Gasteiger partial charge >= 0.3 is 5.97 Å². The Kier molecular flexibility index (Phi) is 6.50. The highest BCUT2D eigenvalue weighted by Gasteiger charge is 2.20. The first-order valence-electron chi connectivity index (χ1n) is 8.69. The van der Waals surface area contributed by atoms with Gasteiger partial charge in [-0.15, -0.1) is 10.2 Å². The number of nitrogens with one attached hydrogen (secondary N) is 1. The van der Waals surface area contributed by atoms with Crippen molar-refractivity contribution < 1.29 is 23.8 Å². The minimum atomic E-state index is -0.992. The summed E-state index contributed by atoms with van der Waals surface area (Å²) in [7, 11) is 1.54. The van der Waals surface area contributed by atoms with E-state index in [0.717, 1.165) is 16.9 Å². The number of carbonyl (C=O) groups is 2. The van der Waals surface area contributed by atoms with Crippen LogP contribution in [0.15, 0.2) is 48.5 Å². The third-order valence-electron chi connectivity index (χ3n) is 4.20. The summed E-state index contributed by atoms with van der Waals surface area (Å²) < 4.78 is 18.1. The smallest absolute Gasteiger partial charge is 0.303 e. The number of ether oxygens (including phenoxy) is 1. The van der Waals surface area contributed by atoms with Crippen LogP contribution < -0.4 is 10.1 Å². The summed E-state index contributed by atoms with van der Waals surface area (Å²) in [6.45, 7) is 0. The molecule has 2 N–H and O–H groups in total. The second-order valence-corrected chi connectivity index (χ2v) is 7.22. The van der Waals surface area contributed by atoms with Crippen molar-refractivity contribution in [3.8, 4) is 16.3 Å². The quantitative estimate of drug-likeness (QED) is 0.578. The van der Waals surface area contributed by atoms with E-state index in [4.69, 9.17) is 4.74 Å². The lowest BCUT2D eigenvalue weighted by Crippen LogP contribution is -2.17. The van der Waals surface area contributed by atoms with Gasteiger partial charge in [0, 0.05) is 17.9 Å². The van der Waals surface area contributed by atoms with E-state index in [2.05, 4.69) is 15.5 Å². The van der Waals surface area contributed by atoms with Crippen LogP contribution >= 0.6 is 11.3 Å². The average Bonchev–Trinajstić information content (AvgIpc) is 3.16. The molecule has 0 spiro atoms. The summed E-state index contributed by atoms with van der Waals surface area (Å²) in [5.74, 6) is -1.56. The summed E-state index contributed by atoms with van der Waals surface area (Å²) in [4.78, 5) is 23.7. The standard InChI is InChI=1S/C20H18FN3O4S/c1-28-16-8-4-12(5-9-16)14(11-18(26)27)10-17(25)22-20-24-23-19(29-20)13-2-6-15(21)7-3-13/h2-9,14H,10-11H2,1H3,(H,26,27)(H,22,24,25). The molecule has 1 unspecified atom stereocenters. The second-order valence-electron chi connectivity index (χ2n) is 6.24. The van der Waals surface area contributed by atoms with E-state index in [1.165, 1.54) is 12.1 Å². The van der Waals surface area contributed by atoms with Gasteiger partial charge in [0.15, 0.2) is 0 Å². The molecule has 3 aromatic rings. The maximum absolute atomic E-state index is 13.0. The monoisotopic (exact) mass is 415 g/mol. The van der Waals surface area contributed by atoms with Gasteiger partial charge in [0.1, 0.15) is 16.6 Å². The molecular weight excluding hydrogens is 397 g/mol. The van der Waals surface area contributed by atoms with E-state index in [9.17, 15) is 19.1 Å². The molecule has 2 aromatic carbocycles. The van der Waals surface area contributed by atoms with Crippen LogP contribution in [0.25, 0.3) is 10.6 Å². The molecule has 7 nitrogen and oxygen atoms in total. The SMILES string of the molecule is COc1ccc(C(CC(=O)O)CC(=O)Nc2nnc(-c3ccc(F)cc3)s2)cc1. The number of carbonyl (C=O) groups excluding carboxylic acids is 1. The summed E-state index contributed by atoms with van der Waals surface area (Å²) >= 11 is 1.15. The molecule has 1 heterocycles. The highest BCUT2D eigenvalue weighted by atomic mass is 32.1. The largest absolute Gasteiger partial charge is 0.497 e. The average molecular weight is 415 g/mol. The van der Waals surface area contributed by atoms with Crippen molar-refractivity contribution in [3.05, 3.63) is 59.9 Å². The number of anilines is 1. The number of hydrogen-bond donors (Lipinski definition) is 2. The fourth-order valence-electron chi connectivity index (χ4n) is 2.77. The van der Waals surface area contributed by atoms with Crippen LogP contribution in [-0.2, 0) is 9.59 Å². The molecule has 0 aliphatic rings. The van der Waals surface area contributed by atoms with Crippen LogP contribution in [0.5, 0.6) is 5.75 Å². The van der Waals surface area contributed by atoms with Gasteiger partial charge in [0.05, 0.1) is 13.5 Å². The lowest BCUT2D eigenvalue weighted by Gasteiger charge is -2.15. The third-order valence-corrected chi connectivity index (χ3v) is 5.09. The highest BCUT2D eigenvalue weighted by Crippen LogP contribution is 2.29. The van der Waals surface area contributed by atoms with E-state index in [1.54, 1.807) is 43.5 Å². The van der Waals surface area contributed by atoms with Crippen molar-refractivity contribution in [1.82, 2.24) is 10.2 Å². The Bertz CT molecular complexity index is 990. The molecule has 0 bridgehead atoms. The van der Waals surface area contributed by atoms with Crippen molar-refractivity contribution in [3.63, 3.8) is 0 Å². The predicted octanol–water partition coefficient (Wildman–Crippen LogP) is 3.94. The zero-order chi connectivity index (χ0) is 20.8. The van der Waals surface area contributed by atoms with Crippen molar-refractivity contribution in [2.45, 2.75) is 18.8 Å². The number of aromatic nitrogens is 2. The zero-order valence-corrected chi connectivity index (χ0v) is 16.3. The molecule has 0 aliphatic heterocycles. The number of nitrogens with zero attached hydrogens (tertiary/aromatic N) is 2. The Morgan fingerprint density at radius 1 is 1.10 bits per heavy atom. The van der Waals surface area contributed by atoms with Gasteiger partial charge in [-0.25, -0.2) is 4.39 Å². The third kappa shape index (κ3) is 5.58. The van der Waals surface area contributed by atoms with Gasteiger partial charge in [0.25, 0.3) is 0 Å². The number of rotatable bonds is 8. The first-order chi connectivity index (χ1) is 13.9. The minimum Gasteiger partial charge on any atom is -0.497 e. The molecule has 150 valence electrons. The van der Waals surface area contributed by atoms with Crippen LogP contribution in [-0.4, -0.2) is 34.3 Å². The van der Waals surface area contributed by atoms with Crippen molar-refractivity contribution in [2.75, 3.05) is 12.4 Å². The molecule has 0 saturated heterocycles. The zero-order valence-electron chi connectivity index (χ0n) is 15.5. The molecule has 0 fully saturated rings. The Hall–Kier alpha value is -3.33. The van der Waals surface area contributed by atoms with E-state index in [0.29, 0.717) is 16.3 Å². The molecule has 0 aliphatic carbocycles. The van der Waals surface area contributed by atoms with E-state index in [-0.39, 0.29) is 29.7 Å². The van der Waals surface area contributed by atoms with Gasteiger partial charge in [-0.3, -0.25) is 9.59 Å². The Labute approximate surface area is 170 Å². The summed E-state index contributed by atoms with van der Waals surface area (Å²) in [6.07, 6.45) is -0.208. The molecule has 0 radical (unpaired) electrons. The number of aliphatic carboxylic acids is 1. The van der Waals surface area contributed by atoms with Crippen LogP contribution in [0.4, 0.5) is 9.52 Å². The van der Waals surface area contributed by atoms with Crippen molar-refractivity contribution in [1.29, 1.82) is 0 Å². The molecule has 1 atom stereocenters. The number of carboxylic acid groups (broad SMARTS) is 1. The highest BCUT2D eigenvalue weighted by molar-refractivity contribution is 7.18. The maximum Gasteiger partial charge on any atom is 0.303 e. The molecular formula is C20H18FN3O4S. The Morgan fingerprint density at radius 3 is 2.41 bits per heavy atom. The van der Waals surface area contributed by atoms with Crippen molar-refractivity contribution >= 4 is 28.3 Å². The molecule has 1 aromatic heterocycles. The van der Waals surface area contributed by atoms with Crippen LogP contribution in [0.3, 0.4) is 0 Å². The minimum absolute atomic E-state index is 0.0237. The van der Waals surface area contributed by atoms with Gasteiger partial charge < -0.3 is 15.2 Å².